The molecule has 1 unspecified atom stereocenters. The van der Waals surface area contributed by atoms with E-state index in [0.717, 1.165) is 12.2 Å². The second-order valence-corrected chi connectivity index (χ2v) is 5.65. The van der Waals surface area contributed by atoms with E-state index in [9.17, 15) is 13.2 Å². The Hall–Kier alpha value is -2.71. The number of nitrogens with zero attached hydrogens (tertiary/aromatic N) is 5. The number of rotatable bonds is 2. The molecule has 1 N–H and O–H groups in total. The molecule has 0 aliphatic carbocycles. The Bertz CT molecular complexity index is 888. The highest BCUT2D eigenvalue weighted by atomic mass is 19.4. The lowest BCUT2D eigenvalue weighted by Crippen LogP contribution is -2.32. The van der Waals surface area contributed by atoms with Crippen LogP contribution in [0.2, 0.25) is 0 Å². The Kier molecular flexibility index (Phi) is 3.36. The van der Waals surface area contributed by atoms with Crippen LogP contribution in [0.5, 0.6) is 0 Å². The smallest absolute Gasteiger partial charge is 0.365 e. The molecule has 24 heavy (non-hydrogen) atoms. The molecular formula is C15H13F3N6. The Balaban J connectivity index is 1.71. The summed E-state index contributed by atoms with van der Waals surface area (Å²) in [6, 6.07) is 6.59. The second kappa shape index (κ2) is 5.43. The summed E-state index contributed by atoms with van der Waals surface area (Å²) >= 11 is 0. The van der Waals surface area contributed by atoms with Gasteiger partial charge in [-0.3, -0.25) is 0 Å². The zero-order valence-corrected chi connectivity index (χ0v) is 12.5. The molecule has 1 aromatic carbocycles. The van der Waals surface area contributed by atoms with E-state index >= 15 is 0 Å². The predicted molar refractivity (Wildman–Crippen MR) is 80.3 cm³/mol. The summed E-state index contributed by atoms with van der Waals surface area (Å²) in [5.74, 6) is -0.0565. The zero-order valence-electron chi connectivity index (χ0n) is 12.5. The maximum atomic E-state index is 13.1. The van der Waals surface area contributed by atoms with Crippen molar-refractivity contribution in [1.82, 2.24) is 24.7 Å². The van der Waals surface area contributed by atoms with Crippen molar-refractivity contribution in [1.29, 1.82) is 0 Å². The van der Waals surface area contributed by atoms with E-state index in [2.05, 4.69) is 25.4 Å². The number of aromatic nitrogens is 5. The van der Waals surface area contributed by atoms with Crippen LogP contribution in [0.3, 0.4) is 0 Å². The van der Waals surface area contributed by atoms with Gasteiger partial charge in [-0.1, -0.05) is 12.1 Å². The number of halogens is 3. The van der Waals surface area contributed by atoms with Crippen LogP contribution in [0.4, 0.5) is 19.0 Å². The van der Waals surface area contributed by atoms with Gasteiger partial charge in [0, 0.05) is 17.8 Å². The highest BCUT2D eigenvalue weighted by Crippen LogP contribution is 2.31. The van der Waals surface area contributed by atoms with Crippen LogP contribution < -0.4 is 5.32 Å². The number of alkyl halides is 3. The largest absolute Gasteiger partial charge is 0.451 e. The molecule has 1 aliphatic rings. The van der Waals surface area contributed by atoms with E-state index in [1.807, 2.05) is 0 Å². The van der Waals surface area contributed by atoms with E-state index in [-0.39, 0.29) is 17.4 Å². The van der Waals surface area contributed by atoms with Crippen LogP contribution in [0.15, 0.2) is 30.6 Å². The lowest BCUT2D eigenvalue weighted by atomic mass is 10.1. The minimum Gasteiger partial charge on any atom is -0.365 e. The van der Waals surface area contributed by atoms with Gasteiger partial charge in [0.1, 0.15) is 18.0 Å². The van der Waals surface area contributed by atoms with Crippen molar-refractivity contribution in [3.8, 4) is 0 Å². The summed E-state index contributed by atoms with van der Waals surface area (Å²) in [6.45, 7) is 0.537. The molecule has 0 saturated carbocycles. The zero-order chi connectivity index (χ0) is 16.7. The van der Waals surface area contributed by atoms with Gasteiger partial charge in [0.25, 0.3) is 0 Å². The fraction of sp³-hybridized carbons (Fsp3) is 0.333. The first-order chi connectivity index (χ1) is 11.5. The lowest BCUT2D eigenvalue weighted by Gasteiger charge is -2.24. The predicted octanol–water partition coefficient (Wildman–Crippen LogP) is 2.67. The molecule has 2 aromatic heterocycles. The third-order valence-electron chi connectivity index (χ3n) is 4.00. The van der Waals surface area contributed by atoms with E-state index < -0.39 is 12.0 Å². The van der Waals surface area contributed by atoms with Gasteiger partial charge >= 0.3 is 6.18 Å². The number of benzene rings is 1. The molecule has 0 bridgehead atoms. The fourth-order valence-corrected chi connectivity index (χ4v) is 2.86. The molecule has 0 saturated heterocycles. The molecule has 1 aliphatic heterocycles. The molecule has 9 heteroatoms. The van der Waals surface area contributed by atoms with Gasteiger partial charge in [-0.2, -0.15) is 18.3 Å². The summed E-state index contributed by atoms with van der Waals surface area (Å²) < 4.78 is 40.9. The van der Waals surface area contributed by atoms with E-state index in [1.54, 1.807) is 28.9 Å². The highest BCUT2D eigenvalue weighted by Gasteiger charge is 2.35. The van der Waals surface area contributed by atoms with Crippen LogP contribution in [-0.2, 0) is 19.1 Å². The standard InChI is InChI=1S/C15H13F3N6/c16-15(17,18)14-22-11-4-2-1-3-10(11)13(23-14)21-9-5-6-12-19-8-20-24(12)7-9/h1-4,8-9H,5-7H2,(H,21,22,23). The molecule has 0 radical (unpaired) electrons. The van der Waals surface area contributed by atoms with Crippen molar-refractivity contribution in [3.63, 3.8) is 0 Å². The number of hydrogen-bond acceptors (Lipinski definition) is 5. The van der Waals surface area contributed by atoms with Gasteiger partial charge in [0.15, 0.2) is 0 Å². The molecule has 6 nitrogen and oxygen atoms in total. The van der Waals surface area contributed by atoms with Crippen molar-refractivity contribution in [2.75, 3.05) is 5.32 Å². The van der Waals surface area contributed by atoms with Gasteiger partial charge in [-0.05, 0) is 18.6 Å². The molecule has 0 spiro atoms. The second-order valence-electron chi connectivity index (χ2n) is 5.65. The molecule has 3 heterocycles. The van der Waals surface area contributed by atoms with E-state index in [0.29, 0.717) is 18.4 Å². The minimum atomic E-state index is -4.59. The third kappa shape index (κ3) is 2.66. The number of hydrogen-bond donors (Lipinski definition) is 1. The maximum absolute atomic E-state index is 13.1. The Labute approximate surface area is 134 Å². The van der Waals surface area contributed by atoms with Crippen molar-refractivity contribution < 1.29 is 13.2 Å². The summed E-state index contributed by atoms with van der Waals surface area (Å²) in [5.41, 5.74) is 0.263. The molecule has 124 valence electrons. The SMILES string of the molecule is FC(F)(F)c1nc(NC2CCc3ncnn3C2)c2ccccc2n1. The van der Waals surface area contributed by atoms with Gasteiger partial charge < -0.3 is 5.32 Å². The Morgan fingerprint density at radius 1 is 1.17 bits per heavy atom. The van der Waals surface area contributed by atoms with Crippen LogP contribution in [-0.4, -0.2) is 30.8 Å². The summed E-state index contributed by atoms with van der Waals surface area (Å²) in [7, 11) is 0. The number of para-hydroxylation sites is 1. The first-order valence-corrected chi connectivity index (χ1v) is 7.48. The number of fused-ring (bicyclic) bond motifs is 2. The lowest BCUT2D eigenvalue weighted by molar-refractivity contribution is -0.144. The summed E-state index contributed by atoms with van der Waals surface area (Å²) in [6.07, 6.45) is -1.64. The maximum Gasteiger partial charge on any atom is 0.451 e. The highest BCUT2D eigenvalue weighted by molar-refractivity contribution is 5.89. The first-order valence-electron chi connectivity index (χ1n) is 7.48. The molecule has 1 atom stereocenters. The molecule has 3 aromatic rings. The minimum absolute atomic E-state index is 0.0708. The van der Waals surface area contributed by atoms with Crippen LogP contribution >= 0.6 is 0 Å². The van der Waals surface area contributed by atoms with E-state index in [1.165, 1.54) is 6.33 Å². The Morgan fingerprint density at radius 3 is 2.83 bits per heavy atom. The summed E-state index contributed by atoms with van der Waals surface area (Å²) in [5, 5.41) is 7.81. The number of nitrogens with one attached hydrogen (secondary N) is 1. The first kappa shape index (κ1) is 14.9. The van der Waals surface area contributed by atoms with Gasteiger partial charge in [-0.25, -0.2) is 19.6 Å². The van der Waals surface area contributed by atoms with Crippen LogP contribution in [0.1, 0.15) is 18.1 Å². The topological polar surface area (TPSA) is 68.5 Å². The molecule has 0 fully saturated rings. The summed E-state index contributed by atoms with van der Waals surface area (Å²) in [4.78, 5) is 11.5. The van der Waals surface area contributed by atoms with Gasteiger partial charge in [0.05, 0.1) is 12.1 Å². The number of anilines is 1. The number of aryl methyl sites for hydroxylation is 1. The van der Waals surface area contributed by atoms with Gasteiger partial charge in [-0.15, -0.1) is 0 Å². The monoisotopic (exact) mass is 334 g/mol. The quantitative estimate of drug-likeness (QED) is 0.780. The van der Waals surface area contributed by atoms with E-state index in [4.69, 9.17) is 0 Å². The average Bonchev–Trinajstić information content (AvgIpc) is 3.01. The van der Waals surface area contributed by atoms with Crippen molar-refractivity contribution in [3.05, 3.63) is 42.2 Å². The van der Waals surface area contributed by atoms with Crippen LogP contribution in [0, 0.1) is 0 Å². The Morgan fingerprint density at radius 2 is 2.00 bits per heavy atom. The molecule has 0 amide bonds. The van der Waals surface area contributed by atoms with Crippen molar-refractivity contribution in [2.45, 2.75) is 31.6 Å². The normalized spacial score (nSPS) is 17.7. The van der Waals surface area contributed by atoms with Crippen molar-refractivity contribution in [2.24, 2.45) is 0 Å². The van der Waals surface area contributed by atoms with Crippen LogP contribution in [0.25, 0.3) is 10.9 Å². The average molecular weight is 334 g/mol. The molecular weight excluding hydrogens is 321 g/mol. The third-order valence-corrected chi connectivity index (χ3v) is 4.00. The van der Waals surface area contributed by atoms with Crippen molar-refractivity contribution >= 4 is 16.7 Å². The fourth-order valence-electron chi connectivity index (χ4n) is 2.86. The van der Waals surface area contributed by atoms with Gasteiger partial charge in [0.2, 0.25) is 5.82 Å². The molecule has 4 rings (SSSR count).